The van der Waals surface area contributed by atoms with Gasteiger partial charge in [0.15, 0.2) is 0 Å². The first-order valence-electron chi connectivity index (χ1n) is 5.93. The van der Waals surface area contributed by atoms with E-state index in [4.69, 9.17) is 0 Å². The Labute approximate surface area is 117 Å². The number of hydrogen-bond donors (Lipinski definition) is 1. The highest BCUT2D eigenvalue weighted by molar-refractivity contribution is 9.10. The minimum atomic E-state index is 0.421. The van der Waals surface area contributed by atoms with Gasteiger partial charge in [-0.1, -0.05) is 20.8 Å². The van der Waals surface area contributed by atoms with Crippen LogP contribution >= 0.6 is 27.7 Å². The molecule has 0 radical (unpaired) electrons. The minimum absolute atomic E-state index is 0.421. The van der Waals surface area contributed by atoms with Crippen molar-refractivity contribution < 1.29 is 0 Å². The minimum Gasteiger partial charge on any atom is -0.316 e. The van der Waals surface area contributed by atoms with Gasteiger partial charge in [0.1, 0.15) is 5.03 Å². The van der Waals surface area contributed by atoms with Crippen molar-refractivity contribution >= 4 is 27.7 Å². The molecule has 0 saturated heterocycles. The van der Waals surface area contributed by atoms with Gasteiger partial charge in [0, 0.05) is 23.0 Å². The number of nitrogens with zero attached hydrogens (tertiary/aromatic N) is 1. The molecule has 96 valence electrons. The first kappa shape index (κ1) is 15.0. The standard InChI is InChI=1S/C13H21BrN2S/c1-13(2,3)6-8-15-9-10-17-12-11(14)5-4-7-16-12/h4-5,7,15H,6,8-10H2,1-3H3. The third kappa shape index (κ3) is 7.06. The highest BCUT2D eigenvalue weighted by Gasteiger charge is 2.08. The Morgan fingerprint density at radius 2 is 2.12 bits per heavy atom. The fourth-order valence-electron chi connectivity index (χ4n) is 1.29. The van der Waals surface area contributed by atoms with Crippen molar-refractivity contribution in [2.24, 2.45) is 5.41 Å². The maximum absolute atomic E-state index is 4.32. The van der Waals surface area contributed by atoms with Crippen LogP contribution in [0, 0.1) is 5.41 Å². The van der Waals surface area contributed by atoms with Crippen LogP contribution in [0.2, 0.25) is 0 Å². The Morgan fingerprint density at radius 1 is 1.35 bits per heavy atom. The smallest absolute Gasteiger partial charge is 0.110 e. The van der Waals surface area contributed by atoms with Crippen LogP contribution in [-0.2, 0) is 0 Å². The van der Waals surface area contributed by atoms with E-state index in [1.807, 2.05) is 18.3 Å². The van der Waals surface area contributed by atoms with Crippen molar-refractivity contribution in [2.75, 3.05) is 18.8 Å². The Bertz CT molecular complexity index is 336. The first-order valence-corrected chi connectivity index (χ1v) is 7.71. The van der Waals surface area contributed by atoms with Crippen molar-refractivity contribution in [3.8, 4) is 0 Å². The quantitative estimate of drug-likeness (QED) is 0.635. The number of halogens is 1. The zero-order valence-corrected chi connectivity index (χ0v) is 13.2. The molecule has 2 nitrogen and oxygen atoms in total. The largest absolute Gasteiger partial charge is 0.316 e. The summed E-state index contributed by atoms with van der Waals surface area (Å²) in [5, 5.41) is 4.54. The fraction of sp³-hybridized carbons (Fsp3) is 0.615. The molecule has 0 saturated carbocycles. The Morgan fingerprint density at radius 3 is 2.76 bits per heavy atom. The Hall–Kier alpha value is -0.0600. The predicted octanol–water partition coefficient (Wildman–Crippen LogP) is 3.96. The maximum atomic E-state index is 4.32. The fourth-order valence-corrected chi connectivity index (χ4v) is 2.67. The van der Waals surface area contributed by atoms with Crippen LogP contribution in [0.25, 0.3) is 0 Å². The average Bonchev–Trinajstić information content (AvgIpc) is 2.24. The number of hydrogen-bond acceptors (Lipinski definition) is 3. The summed E-state index contributed by atoms with van der Waals surface area (Å²) in [6, 6.07) is 3.97. The topological polar surface area (TPSA) is 24.9 Å². The predicted molar refractivity (Wildman–Crippen MR) is 79.6 cm³/mol. The molecule has 1 rings (SSSR count). The number of rotatable bonds is 6. The van der Waals surface area contributed by atoms with Gasteiger partial charge < -0.3 is 5.32 Å². The van der Waals surface area contributed by atoms with Gasteiger partial charge in [0.05, 0.1) is 0 Å². The van der Waals surface area contributed by atoms with Gasteiger partial charge in [-0.05, 0) is 46.4 Å². The SMILES string of the molecule is CC(C)(C)CCNCCSc1ncccc1Br. The molecule has 0 aliphatic carbocycles. The highest BCUT2D eigenvalue weighted by Crippen LogP contribution is 2.24. The molecule has 0 amide bonds. The van der Waals surface area contributed by atoms with Crippen molar-refractivity contribution in [3.05, 3.63) is 22.8 Å². The summed E-state index contributed by atoms with van der Waals surface area (Å²) in [6.45, 7) is 8.94. The van der Waals surface area contributed by atoms with E-state index in [0.717, 1.165) is 28.3 Å². The molecule has 0 bridgehead atoms. The van der Waals surface area contributed by atoms with E-state index in [1.165, 1.54) is 6.42 Å². The summed E-state index contributed by atoms with van der Waals surface area (Å²) < 4.78 is 1.08. The number of thioether (sulfide) groups is 1. The van der Waals surface area contributed by atoms with E-state index in [1.54, 1.807) is 11.8 Å². The molecule has 0 spiro atoms. The maximum Gasteiger partial charge on any atom is 0.110 e. The number of pyridine rings is 1. The van der Waals surface area contributed by atoms with Crippen LogP contribution in [0.4, 0.5) is 0 Å². The molecule has 0 atom stereocenters. The second kappa shape index (κ2) is 7.39. The van der Waals surface area contributed by atoms with Gasteiger partial charge >= 0.3 is 0 Å². The summed E-state index contributed by atoms with van der Waals surface area (Å²) in [4.78, 5) is 4.32. The van der Waals surface area contributed by atoms with Crippen LogP contribution in [0.3, 0.4) is 0 Å². The van der Waals surface area contributed by atoms with Gasteiger partial charge in [0.25, 0.3) is 0 Å². The molecular formula is C13H21BrN2S. The van der Waals surface area contributed by atoms with Crippen molar-refractivity contribution in [1.82, 2.24) is 10.3 Å². The second-order valence-electron chi connectivity index (χ2n) is 5.20. The van der Waals surface area contributed by atoms with E-state index >= 15 is 0 Å². The van der Waals surface area contributed by atoms with E-state index in [9.17, 15) is 0 Å². The number of nitrogens with one attached hydrogen (secondary N) is 1. The molecule has 0 unspecified atom stereocenters. The van der Waals surface area contributed by atoms with Gasteiger partial charge in [-0.25, -0.2) is 4.98 Å². The molecule has 0 fully saturated rings. The lowest BCUT2D eigenvalue weighted by molar-refractivity contribution is 0.369. The van der Waals surface area contributed by atoms with Crippen LogP contribution in [0.5, 0.6) is 0 Å². The van der Waals surface area contributed by atoms with E-state index < -0.39 is 0 Å². The molecule has 1 aromatic heterocycles. The molecule has 4 heteroatoms. The van der Waals surface area contributed by atoms with Crippen molar-refractivity contribution in [1.29, 1.82) is 0 Å². The molecule has 1 N–H and O–H groups in total. The van der Waals surface area contributed by atoms with E-state index in [-0.39, 0.29) is 0 Å². The average molecular weight is 317 g/mol. The Kier molecular flexibility index (Phi) is 6.52. The van der Waals surface area contributed by atoms with Crippen LogP contribution in [0.15, 0.2) is 27.8 Å². The molecule has 0 aliphatic rings. The summed E-state index contributed by atoms with van der Waals surface area (Å²) in [7, 11) is 0. The molecule has 1 heterocycles. The zero-order valence-electron chi connectivity index (χ0n) is 10.8. The summed E-state index contributed by atoms with van der Waals surface area (Å²) >= 11 is 5.29. The van der Waals surface area contributed by atoms with E-state index in [2.05, 4.69) is 47.0 Å². The lowest BCUT2D eigenvalue weighted by atomic mass is 9.92. The number of aromatic nitrogens is 1. The molecular weight excluding hydrogens is 296 g/mol. The second-order valence-corrected chi connectivity index (χ2v) is 7.14. The molecule has 1 aromatic rings. The Balaban J connectivity index is 2.11. The van der Waals surface area contributed by atoms with Crippen LogP contribution in [0.1, 0.15) is 27.2 Å². The monoisotopic (exact) mass is 316 g/mol. The third-order valence-electron chi connectivity index (χ3n) is 2.29. The summed E-state index contributed by atoms with van der Waals surface area (Å²) in [5.41, 5.74) is 0.421. The zero-order chi connectivity index (χ0) is 12.7. The van der Waals surface area contributed by atoms with Crippen LogP contribution < -0.4 is 5.32 Å². The highest BCUT2D eigenvalue weighted by atomic mass is 79.9. The van der Waals surface area contributed by atoms with Gasteiger partial charge in [-0.2, -0.15) is 0 Å². The lowest BCUT2D eigenvalue weighted by Crippen LogP contribution is -2.22. The molecule has 17 heavy (non-hydrogen) atoms. The molecule has 0 aliphatic heterocycles. The van der Waals surface area contributed by atoms with Crippen molar-refractivity contribution in [3.63, 3.8) is 0 Å². The van der Waals surface area contributed by atoms with Crippen LogP contribution in [-0.4, -0.2) is 23.8 Å². The molecule has 0 aromatic carbocycles. The lowest BCUT2D eigenvalue weighted by Gasteiger charge is -2.17. The third-order valence-corrected chi connectivity index (χ3v) is 4.20. The summed E-state index contributed by atoms with van der Waals surface area (Å²) in [5.74, 6) is 1.06. The first-order chi connectivity index (χ1) is 7.99. The van der Waals surface area contributed by atoms with Crippen molar-refractivity contribution in [2.45, 2.75) is 32.2 Å². The van der Waals surface area contributed by atoms with Gasteiger partial charge in [-0.15, -0.1) is 11.8 Å². The normalized spacial score (nSPS) is 11.8. The van der Waals surface area contributed by atoms with Gasteiger partial charge in [-0.3, -0.25) is 0 Å². The van der Waals surface area contributed by atoms with Gasteiger partial charge in [0.2, 0.25) is 0 Å². The summed E-state index contributed by atoms with van der Waals surface area (Å²) in [6.07, 6.45) is 3.05. The van der Waals surface area contributed by atoms with E-state index in [0.29, 0.717) is 5.41 Å².